The number of hydrogen-bond acceptors (Lipinski definition) is 3. The summed E-state index contributed by atoms with van der Waals surface area (Å²) in [5.74, 6) is 0. The number of ether oxygens (including phenoxy) is 1. The van der Waals surface area contributed by atoms with E-state index < -0.39 is 30.1 Å². The molecule has 1 rings (SSSR count). The largest absolute Gasteiger partial charge is 0.444 e. The topological polar surface area (TPSA) is 51.2 Å². The van der Waals surface area contributed by atoms with Crippen LogP contribution in [0, 0.1) is 0 Å². The fraction of sp³-hybridized carbons (Fsp3) is 0.500. The highest BCUT2D eigenvalue weighted by molar-refractivity contribution is 5.67. The molecule has 1 N–H and O–H groups in total. The van der Waals surface area contributed by atoms with Crippen LogP contribution in [0.1, 0.15) is 34.8 Å². The summed E-state index contributed by atoms with van der Waals surface area (Å²) in [5, 5.41) is 1.88. The number of nitrogens with one attached hydrogen (secondary N) is 1. The molecule has 0 saturated heterocycles. The molecule has 1 amide bonds. The lowest BCUT2D eigenvalue weighted by atomic mass is 10.2. The predicted molar refractivity (Wildman–Crippen MR) is 62.3 cm³/mol. The van der Waals surface area contributed by atoms with Gasteiger partial charge in [0.1, 0.15) is 11.3 Å². The maximum absolute atomic E-state index is 12.5. The minimum absolute atomic E-state index is 0.379. The van der Waals surface area contributed by atoms with Crippen LogP contribution < -0.4 is 5.32 Å². The van der Waals surface area contributed by atoms with Gasteiger partial charge in [-0.05, 0) is 38.5 Å². The first-order chi connectivity index (χ1) is 9.31. The Hall–Kier alpha value is -1.79. The van der Waals surface area contributed by atoms with E-state index in [1.54, 1.807) is 20.8 Å². The number of carbonyl (C=O) groups is 1. The van der Waals surface area contributed by atoms with Crippen LogP contribution in [-0.2, 0) is 17.4 Å². The zero-order valence-corrected chi connectivity index (χ0v) is 10.6. The Morgan fingerprint density at radius 1 is 1.47 bits per heavy atom. The van der Waals surface area contributed by atoms with E-state index >= 15 is 0 Å². The number of halogens is 3. The molecule has 7 heteroatoms. The normalized spacial score (nSPS) is 14.4. The Morgan fingerprint density at radius 2 is 2.11 bits per heavy atom. The summed E-state index contributed by atoms with van der Waals surface area (Å²) < 4.78 is 57.8. The van der Waals surface area contributed by atoms with Gasteiger partial charge in [-0.15, -0.1) is 0 Å². The zero-order chi connectivity index (χ0) is 16.5. The molecular formula is C12H15F3N2O2. The van der Waals surface area contributed by atoms with Crippen molar-refractivity contribution in [2.75, 3.05) is 0 Å². The summed E-state index contributed by atoms with van der Waals surface area (Å²) in [5.41, 5.74) is -2.47. The minimum atomic E-state index is -4.70. The van der Waals surface area contributed by atoms with E-state index in [9.17, 15) is 18.0 Å². The summed E-state index contributed by atoms with van der Waals surface area (Å²) in [6.45, 7) is 2.22. The standard InChI is InChI=1S/C12H15F3N2O2/c1-11(2,3)19-10(18)17-7-8-4-5-16-9(6-8)12(13,14)15/h4-6H,7H2,1-3H3,(H,17,18)/i7D2. The molecule has 4 nitrogen and oxygen atoms in total. The number of nitrogens with zero attached hydrogens (tertiary/aromatic N) is 1. The Morgan fingerprint density at radius 3 is 2.63 bits per heavy atom. The quantitative estimate of drug-likeness (QED) is 0.904. The fourth-order valence-corrected chi connectivity index (χ4v) is 1.09. The van der Waals surface area contributed by atoms with E-state index in [0.717, 1.165) is 12.3 Å². The Kier molecular flexibility index (Phi) is 3.52. The summed E-state index contributed by atoms with van der Waals surface area (Å²) >= 11 is 0. The van der Waals surface area contributed by atoms with E-state index in [-0.39, 0.29) is 5.56 Å². The average Bonchev–Trinajstić information content (AvgIpc) is 2.24. The third-order valence-corrected chi connectivity index (χ3v) is 1.76. The van der Waals surface area contributed by atoms with Crippen molar-refractivity contribution in [3.63, 3.8) is 0 Å². The summed E-state index contributed by atoms with van der Waals surface area (Å²) in [6.07, 6.45) is -4.94. The van der Waals surface area contributed by atoms with Crippen molar-refractivity contribution in [2.24, 2.45) is 0 Å². The number of rotatable bonds is 2. The van der Waals surface area contributed by atoms with Gasteiger partial charge < -0.3 is 10.1 Å². The molecule has 0 aliphatic carbocycles. The second-order valence-corrected chi connectivity index (χ2v) is 4.68. The van der Waals surface area contributed by atoms with Crippen molar-refractivity contribution >= 4 is 6.09 Å². The van der Waals surface area contributed by atoms with Gasteiger partial charge in [-0.1, -0.05) is 0 Å². The average molecular weight is 278 g/mol. The van der Waals surface area contributed by atoms with E-state index in [1.807, 2.05) is 5.32 Å². The van der Waals surface area contributed by atoms with Crippen molar-refractivity contribution in [1.82, 2.24) is 10.3 Å². The van der Waals surface area contributed by atoms with E-state index in [0.29, 0.717) is 6.07 Å². The molecule has 0 atom stereocenters. The van der Waals surface area contributed by atoms with Gasteiger partial charge in [-0.25, -0.2) is 4.79 Å². The van der Waals surface area contributed by atoms with Crippen molar-refractivity contribution in [2.45, 2.75) is 39.0 Å². The van der Waals surface area contributed by atoms with Gasteiger partial charge in [0.15, 0.2) is 0 Å². The van der Waals surface area contributed by atoms with E-state index in [1.165, 1.54) is 0 Å². The Balaban J connectivity index is 2.95. The lowest BCUT2D eigenvalue weighted by Crippen LogP contribution is -2.32. The van der Waals surface area contributed by atoms with Crippen LogP contribution in [0.2, 0.25) is 0 Å². The SMILES string of the molecule is [2H]C([2H])(NC(=O)OC(C)(C)C)c1ccnc(C(F)(F)F)c1. The number of carbonyl (C=O) groups excluding carboxylic acids is 1. The van der Waals surface area contributed by atoms with Gasteiger partial charge in [-0.3, -0.25) is 4.98 Å². The minimum Gasteiger partial charge on any atom is -0.444 e. The van der Waals surface area contributed by atoms with Crippen LogP contribution >= 0.6 is 0 Å². The van der Waals surface area contributed by atoms with Crippen molar-refractivity contribution < 1.29 is 25.4 Å². The molecular weight excluding hydrogens is 261 g/mol. The van der Waals surface area contributed by atoms with Crippen LogP contribution in [0.15, 0.2) is 18.3 Å². The Bertz CT molecular complexity index is 528. The maximum Gasteiger partial charge on any atom is 0.433 e. The van der Waals surface area contributed by atoms with Gasteiger partial charge in [0, 0.05) is 12.7 Å². The highest BCUT2D eigenvalue weighted by Crippen LogP contribution is 2.27. The van der Waals surface area contributed by atoms with Crippen LogP contribution in [0.4, 0.5) is 18.0 Å². The molecule has 1 aromatic rings. The lowest BCUT2D eigenvalue weighted by molar-refractivity contribution is -0.141. The number of pyridine rings is 1. The number of alkyl carbamates (subject to hydrolysis) is 1. The third-order valence-electron chi connectivity index (χ3n) is 1.76. The molecule has 0 saturated carbocycles. The number of amides is 1. The molecule has 1 heterocycles. The maximum atomic E-state index is 12.5. The first kappa shape index (κ1) is 12.3. The molecule has 0 aliphatic heterocycles. The molecule has 106 valence electrons. The highest BCUT2D eigenvalue weighted by Gasteiger charge is 2.32. The van der Waals surface area contributed by atoms with Crippen molar-refractivity contribution in [1.29, 1.82) is 0 Å². The first-order valence-corrected chi connectivity index (χ1v) is 5.36. The summed E-state index contributed by atoms with van der Waals surface area (Å²) in [4.78, 5) is 14.6. The monoisotopic (exact) mass is 278 g/mol. The van der Waals surface area contributed by atoms with Crippen LogP contribution in [0.5, 0.6) is 0 Å². The molecule has 0 fully saturated rings. The third kappa shape index (κ3) is 5.58. The van der Waals surface area contributed by atoms with Gasteiger partial charge in [0.25, 0.3) is 0 Å². The number of alkyl halides is 3. The second-order valence-electron chi connectivity index (χ2n) is 4.68. The van der Waals surface area contributed by atoms with E-state index in [4.69, 9.17) is 7.48 Å². The molecule has 0 unspecified atom stereocenters. The van der Waals surface area contributed by atoms with Gasteiger partial charge in [-0.2, -0.15) is 13.2 Å². The van der Waals surface area contributed by atoms with Crippen molar-refractivity contribution in [3.8, 4) is 0 Å². The molecule has 0 radical (unpaired) electrons. The van der Waals surface area contributed by atoms with E-state index in [2.05, 4.69) is 4.98 Å². The first-order valence-electron chi connectivity index (χ1n) is 6.36. The predicted octanol–water partition coefficient (Wildman–Crippen LogP) is 3.13. The number of aromatic nitrogens is 1. The van der Waals surface area contributed by atoms with Gasteiger partial charge in [0.2, 0.25) is 0 Å². The molecule has 19 heavy (non-hydrogen) atoms. The number of hydrogen-bond donors (Lipinski definition) is 1. The zero-order valence-electron chi connectivity index (χ0n) is 12.6. The van der Waals surface area contributed by atoms with Crippen LogP contribution in [0.3, 0.4) is 0 Å². The van der Waals surface area contributed by atoms with Gasteiger partial charge >= 0.3 is 12.3 Å². The second kappa shape index (κ2) is 5.46. The summed E-state index contributed by atoms with van der Waals surface area (Å²) in [6, 6.07) is 1.59. The molecule has 0 aromatic carbocycles. The molecule has 0 aliphatic rings. The molecule has 0 bridgehead atoms. The smallest absolute Gasteiger partial charge is 0.433 e. The Labute approximate surface area is 111 Å². The fourth-order valence-electron chi connectivity index (χ4n) is 1.09. The molecule has 0 spiro atoms. The highest BCUT2D eigenvalue weighted by atomic mass is 19.4. The lowest BCUT2D eigenvalue weighted by Gasteiger charge is -2.19. The van der Waals surface area contributed by atoms with Crippen molar-refractivity contribution in [3.05, 3.63) is 29.6 Å². The molecule has 1 aromatic heterocycles. The van der Waals surface area contributed by atoms with Crippen LogP contribution in [0.25, 0.3) is 0 Å². The van der Waals surface area contributed by atoms with Gasteiger partial charge in [0.05, 0.1) is 2.74 Å². The summed E-state index contributed by atoms with van der Waals surface area (Å²) in [7, 11) is 0. The van der Waals surface area contributed by atoms with Crippen LogP contribution in [-0.4, -0.2) is 16.7 Å².